The molecular weight excluding hydrogens is 228 g/mol. The number of nitrogens with one attached hydrogen (secondary N) is 2. The van der Waals surface area contributed by atoms with Crippen LogP contribution in [0.15, 0.2) is 0 Å². The van der Waals surface area contributed by atoms with E-state index in [1.165, 1.54) is 19.3 Å². The molecule has 18 heavy (non-hydrogen) atoms. The number of rotatable bonds is 1. The minimum Gasteiger partial charge on any atom is -0.380 e. The zero-order valence-corrected chi connectivity index (χ0v) is 10.9. The van der Waals surface area contributed by atoms with Crippen molar-refractivity contribution >= 4 is 0 Å². The molecule has 0 spiro atoms. The van der Waals surface area contributed by atoms with E-state index in [-0.39, 0.29) is 0 Å². The van der Waals surface area contributed by atoms with Crippen LogP contribution in [0.2, 0.25) is 0 Å². The summed E-state index contributed by atoms with van der Waals surface area (Å²) in [5.41, 5.74) is 0. The minimum atomic E-state index is 0.501. The monoisotopic (exact) mass is 252 g/mol. The summed E-state index contributed by atoms with van der Waals surface area (Å²) in [5.74, 6) is 2.31. The maximum absolute atomic E-state index is 6.12. The van der Waals surface area contributed by atoms with E-state index in [9.17, 15) is 0 Å². The SMILES string of the molecule is C1CNC2CC(OC1)C(C1C3COCCNC31)C2. The number of hydrogen-bond acceptors (Lipinski definition) is 4. The number of hydrogen-bond donors (Lipinski definition) is 2. The molecule has 2 N–H and O–H groups in total. The van der Waals surface area contributed by atoms with Gasteiger partial charge in [0.05, 0.1) is 19.3 Å². The second-order valence-electron chi connectivity index (χ2n) is 6.35. The van der Waals surface area contributed by atoms with E-state index in [4.69, 9.17) is 9.47 Å². The molecule has 0 aromatic rings. The van der Waals surface area contributed by atoms with Gasteiger partial charge in [-0.25, -0.2) is 0 Å². The average molecular weight is 252 g/mol. The second kappa shape index (κ2) is 4.75. The molecule has 4 fully saturated rings. The van der Waals surface area contributed by atoms with Gasteiger partial charge in [0.2, 0.25) is 0 Å². The lowest BCUT2D eigenvalue weighted by molar-refractivity contribution is 0.0120. The molecule has 0 amide bonds. The van der Waals surface area contributed by atoms with Gasteiger partial charge in [-0.1, -0.05) is 0 Å². The van der Waals surface area contributed by atoms with Gasteiger partial charge >= 0.3 is 0 Å². The van der Waals surface area contributed by atoms with Crippen LogP contribution in [0, 0.1) is 17.8 Å². The maximum Gasteiger partial charge on any atom is 0.0622 e. The Labute approximate surface area is 109 Å². The van der Waals surface area contributed by atoms with Crippen LogP contribution < -0.4 is 10.6 Å². The van der Waals surface area contributed by atoms with Crippen LogP contribution in [0.3, 0.4) is 0 Å². The van der Waals surface area contributed by atoms with Crippen molar-refractivity contribution in [1.82, 2.24) is 10.6 Å². The lowest BCUT2D eigenvalue weighted by Gasteiger charge is -2.22. The van der Waals surface area contributed by atoms with E-state index in [1.54, 1.807) is 0 Å². The molecule has 2 aliphatic heterocycles. The van der Waals surface area contributed by atoms with Crippen LogP contribution in [0.1, 0.15) is 19.3 Å². The van der Waals surface area contributed by atoms with E-state index >= 15 is 0 Å². The van der Waals surface area contributed by atoms with E-state index in [0.29, 0.717) is 18.2 Å². The van der Waals surface area contributed by atoms with E-state index < -0.39 is 0 Å². The summed E-state index contributed by atoms with van der Waals surface area (Å²) in [7, 11) is 0. The normalized spacial score (nSPS) is 52.0. The Balaban J connectivity index is 1.45. The summed E-state index contributed by atoms with van der Waals surface area (Å²) in [4.78, 5) is 0. The van der Waals surface area contributed by atoms with Gasteiger partial charge in [-0.2, -0.15) is 0 Å². The van der Waals surface area contributed by atoms with Crippen LogP contribution in [-0.4, -0.2) is 51.1 Å². The highest BCUT2D eigenvalue weighted by Gasteiger charge is 2.58. The standard InChI is InChI=1S/C14H24N2O2/c1-2-15-9-6-10(12(7-9)18-4-1)13-11-8-17-5-3-16-14(11)13/h9-16H,1-8H2. The van der Waals surface area contributed by atoms with E-state index in [1.807, 2.05) is 0 Å². The first-order valence-corrected chi connectivity index (χ1v) is 7.59. The minimum absolute atomic E-state index is 0.501. The Morgan fingerprint density at radius 2 is 1.94 bits per heavy atom. The first-order valence-electron chi connectivity index (χ1n) is 7.59. The fourth-order valence-corrected chi connectivity index (χ4v) is 4.41. The third kappa shape index (κ3) is 1.99. The van der Waals surface area contributed by atoms with Crippen molar-refractivity contribution in [3.05, 3.63) is 0 Å². The van der Waals surface area contributed by atoms with Crippen molar-refractivity contribution in [1.29, 1.82) is 0 Å². The maximum atomic E-state index is 6.12. The number of ether oxygens (including phenoxy) is 2. The Bertz CT molecular complexity index is 300. The topological polar surface area (TPSA) is 42.5 Å². The third-order valence-electron chi connectivity index (χ3n) is 5.30. The molecule has 2 bridgehead atoms. The van der Waals surface area contributed by atoms with Crippen LogP contribution in [0.5, 0.6) is 0 Å². The molecule has 2 saturated carbocycles. The molecule has 4 aliphatic rings. The summed E-state index contributed by atoms with van der Waals surface area (Å²) in [6.45, 7) is 4.94. The van der Waals surface area contributed by atoms with Gasteiger partial charge in [-0.15, -0.1) is 0 Å². The first kappa shape index (κ1) is 11.6. The van der Waals surface area contributed by atoms with Gasteiger partial charge < -0.3 is 20.1 Å². The molecule has 4 rings (SSSR count). The molecule has 6 atom stereocenters. The van der Waals surface area contributed by atoms with Gasteiger partial charge in [-0.3, -0.25) is 0 Å². The molecule has 6 unspecified atom stereocenters. The summed E-state index contributed by atoms with van der Waals surface area (Å²) in [6, 6.07) is 1.41. The molecule has 0 aromatic heterocycles. The highest BCUT2D eigenvalue weighted by atomic mass is 16.5. The van der Waals surface area contributed by atoms with Gasteiger partial charge in [0.1, 0.15) is 0 Å². The molecule has 0 aromatic carbocycles. The molecule has 0 radical (unpaired) electrons. The van der Waals surface area contributed by atoms with Crippen molar-refractivity contribution in [2.45, 2.75) is 37.5 Å². The third-order valence-corrected chi connectivity index (χ3v) is 5.30. The molecule has 2 heterocycles. The smallest absolute Gasteiger partial charge is 0.0622 e. The lowest BCUT2D eigenvalue weighted by Crippen LogP contribution is -2.31. The fourth-order valence-electron chi connectivity index (χ4n) is 4.41. The average Bonchev–Trinajstić information content (AvgIpc) is 2.91. The highest BCUT2D eigenvalue weighted by molar-refractivity contribution is 5.11. The molecule has 2 aliphatic carbocycles. The Hall–Kier alpha value is -0.160. The summed E-state index contributed by atoms with van der Waals surface area (Å²) in [6.07, 6.45) is 4.20. The van der Waals surface area contributed by atoms with Crippen molar-refractivity contribution in [2.75, 3.05) is 32.9 Å². The van der Waals surface area contributed by atoms with E-state index in [2.05, 4.69) is 10.6 Å². The van der Waals surface area contributed by atoms with Crippen molar-refractivity contribution < 1.29 is 9.47 Å². The van der Waals surface area contributed by atoms with Crippen molar-refractivity contribution in [3.63, 3.8) is 0 Å². The summed E-state index contributed by atoms with van der Waals surface area (Å²) in [5, 5.41) is 7.34. The largest absolute Gasteiger partial charge is 0.380 e. The highest BCUT2D eigenvalue weighted by Crippen LogP contribution is 2.51. The quantitative estimate of drug-likeness (QED) is 0.708. The Kier molecular flexibility index (Phi) is 3.07. The molecule has 2 saturated heterocycles. The van der Waals surface area contributed by atoms with Crippen LogP contribution in [0.25, 0.3) is 0 Å². The predicted octanol–water partition coefficient (Wildman–Crippen LogP) is 0.378. The Morgan fingerprint density at radius 3 is 2.94 bits per heavy atom. The summed E-state index contributed by atoms with van der Waals surface area (Å²) >= 11 is 0. The zero-order valence-electron chi connectivity index (χ0n) is 10.9. The molecule has 4 nitrogen and oxygen atoms in total. The van der Waals surface area contributed by atoms with Gasteiger partial charge in [-0.05, 0) is 37.6 Å². The Morgan fingerprint density at radius 1 is 0.944 bits per heavy atom. The van der Waals surface area contributed by atoms with Crippen LogP contribution in [-0.2, 0) is 9.47 Å². The van der Waals surface area contributed by atoms with Crippen LogP contribution in [0.4, 0.5) is 0 Å². The predicted molar refractivity (Wildman–Crippen MR) is 68.5 cm³/mol. The van der Waals surface area contributed by atoms with Crippen molar-refractivity contribution in [2.24, 2.45) is 17.8 Å². The van der Waals surface area contributed by atoms with Crippen LogP contribution >= 0.6 is 0 Å². The molecular formula is C14H24N2O2. The second-order valence-corrected chi connectivity index (χ2v) is 6.35. The zero-order chi connectivity index (χ0) is 11.9. The van der Waals surface area contributed by atoms with Crippen molar-refractivity contribution in [3.8, 4) is 0 Å². The van der Waals surface area contributed by atoms with Gasteiger partial charge in [0, 0.05) is 31.2 Å². The van der Waals surface area contributed by atoms with E-state index in [0.717, 1.165) is 50.7 Å². The lowest BCUT2D eigenvalue weighted by atomic mass is 9.97. The molecule has 102 valence electrons. The van der Waals surface area contributed by atoms with Gasteiger partial charge in [0.25, 0.3) is 0 Å². The summed E-state index contributed by atoms with van der Waals surface area (Å²) < 4.78 is 11.8. The first-order chi connectivity index (χ1) is 8.93. The van der Waals surface area contributed by atoms with Gasteiger partial charge in [0.15, 0.2) is 0 Å². The fraction of sp³-hybridized carbons (Fsp3) is 1.00. The number of fused-ring (bicyclic) bond motifs is 3. The molecule has 4 heteroatoms.